The van der Waals surface area contributed by atoms with E-state index in [1.54, 1.807) is 17.8 Å². The van der Waals surface area contributed by atoms with Crippen molar-refractivity contribution in [3.05, 3.63) is 10.7 Å². The summed E-state index contributed by atoms with van der Waals surface area (Å²) in [6.07, 6.45) is 1.51. The highest BCUT2D eigenvalue weighted by Gasteiger charge is 2.46. The van der Waals surface area contributed by atoms with E-state index in [9.17, 15) is 4.79 Å². The van der Waals surface area contributed by atoms with Gasteiger partial charge in [0.1, 0.15) is 4.60 Å². The smallest absolute Gasteiger partial charge is 0.245 e. The summed E-state index contributed by atoms with van der Waals surface area (Å²) in [5.74, 6) is 0.379. The van der Waals surface area contributed by atoms with Crippen LogP contribution in [-0.2, 0) is 11.8 Å². The fraction of sp³-hybridized carbons (Fsp3) is 0.500. The second kappa shape index (κ2) is 4.11. The molecule has 0 spiro atoms. The molecule has 2 rings (SSSR count). The van der Waals surface area contributed by atoms with E-state index in [1.807, 2.05) is 0 Å². The van der Waals surface area contributed by atoms with Gasteiger partial charge in [0.25, 0.3) is 0 Å². The molecule has 3 N–H and O–H groups in total. The van der Waals surface area contributed by atoms with Crippen molar-refractivity contribution in [2.75, 3.05) is 5.32 Å². The van der Waals surface area contributed by atoms with Gasteiger partial charge >= 0.3 is 0 Å². The van der Waals surface area contributed by atoms with Crippen LogP contribution in [0.4, 0.5) is 5.82 Å². The Morgan fingerprint density at radius 3 is 2.73 bits per heavy atom. The number of amides is 1. The third-order valence-corrected chi connectivity index (χ3v) is 3.05. The predicted octanol–water partition coefficient (Wildman–Crippen LogP) is 1.03. The molecule has 1 aliphatic rings. The largest absolute Gasteiger partial charge is 0.317 e. The van der Waals surface area contributed by atoms with Gasteiger partial charge in [0.2, 0.25) is 5.91 Å². The van der Waals surface area contributed by atoms with Gasteiger partial charge in [0.05, 0.1) is 5.54 Å². The molecule has 7 heteroatoms. The summed E-state index contributed by atoms with van der Waals surface area (Å²) in [6, 6.07) is 1.74. The summed E-state index contributed by atoms with van der Waals surface area (Å²) < 4.78 is 2.45. The van der Waals surface area contributed by atoms with E-state index >= 15 is 0 Å². The van der Waals surface area contributed by atoms with Gasteiger partial charge < -0.3 is 11.1 Å². The highest BCUT2D eigenvalue weighted by atomic mass is 79.9. The zero-order valence-corrected chi connectivity index (χ0v) is 10.6. The van der Waals surface area contributed by atoms with Crippen molar-refractivity contribution < 1.29 is 4.79 Å². The minimum absolute atomic E-state index is 0. The predicted molar refractivity (Wildman–Crippen MR) is 62.9 cm³/mol. The first kappa shape index (κ1) is 12.5. The van der Waals surface area contributed by atoms with E-state index in [0.29, 0.717) is 5.82 Å². The van der Waals surface area contributed by atoms with Gasteiger partial charge in [-0.1, -0.05) is 0 Å². The summed E-state index contributed by atoms with van der Waals surface area (Å²) in [5, 5.41) is 6.75. The van der Waals surface area contributed by atoms with Gasteiger partial charge in [0, 0.05) is 13.1 Å². The van der Waals surface area contributed by atoms with Gasteiger partial charge in [0.15, 0.2) is 5.82 Å². The second-order valence-electron chi connectivity index (χ2n) is 3.59. The molecule has 1 amide bonds. The number of rotatable bonds is 2. The first-order valence-corrected chi connectivity index (χ1v) is 5.10. The van der Waals surface area contributed by atoms with Crippen LogP contribution in [0.2, 0.25) is 0 Å². The maximum Gasteiger partial charge on any atom is 0.245 e. The summed E-state index contributed by atoms with van der Waals surface area (Å²) in [5.41, 5.74) is 5.08. The lowest BCUT2D eigenvalue weighted by Crippen LogP contribution is -2.37. The Bertz CT molecular complexity index is 368. The minimum atomic E-state index is -0.649. The van der Waals surface area contributed by atoms with E-state index < -0.39 is 5.54 Å². The minimum Gasteiger partial charge on any atom is -0.317 e. The molecule has 1 aromatic rings. The number of nitrogens with one attached hydrogen (secondary N) is 1. The summed E-state index contributed by atoms with van der Waals surface area (Å²) >= 11 is 3.29. The molecular weight excluding hydrogens is 283 g/mol. The summed E-state index contributed by atoms with van der Waals surface area (Å²) in [4.78, 5) is 11.5. The third-order valence-electron chi connectivity index (χ3n) is 2.31. The fourth-order valence-corrected chi connectivity index (χ4v) is 1.40. The molecule has 0 radical (unpaired) electrons. The molecular formula is C8H12BrClN4O. The quantitative estimate of drug-likeness (QED) is 0.856. The molecule has 15 heavy (non-hydrogen) atoms. The Kier molecular flexibility index (Phi) is 3.42. The first-order chi connectivity index (χ1) is 6.51. The van der Waals surface area contributed by atoms with Crippen LogP contribution >= 0.6 is 28.3 Å². The van der Waals surface area contributed by atoms with Crippen molar-refractivity contribution >= 4 is 40.1 Å². The molecule has 1 aliphatic carbocycles. The summed E-state index contributed by atoms with van der Waals surface area (Å²) in [7, 11) is 1.79. The zero-order chi connectivity index (χ0) is 10.3. The number of halogens is 2. The fourth-order valence-electron chi connectivity index (χ4n) is 1.11. The number of anilines is 1. The molecule has 1 aromatic heterocycles. The van der Waals surface area contributed by atoms with E-state index in [2.05, 4.69) is 26.3 Å². The van der Waals surface area contributed by atoms with Crippen LogP contribution in [0, 0.1) is 0 Å². The topological polar surface area (TPSA) is 72.9 Å². The Hall–Kier alpha value is -0.590. The van der Waals surface area contributed by atoms with Gasteiger partial charge in [-0.05, 0) is 28.8 Å². The van der Waals surface area contributed by atoms with Crippen LogP contribution in [0.25, 0.3) is 0 Å². The van der Waals surface area contributed by atoms with Crippen LogP contribution in [0.1, 0.15) is 12.8 Å². The molecule has 0 aromatic carbocycles. The van der Waals surface area contributed by atoms with Crippen LogP contribution < -0.4 is 11.1 Å². The van der Waals surface area contributed by atoms with E-state index in [-0.39, 0.29) is 18.3 Å². The van der Waals surface area contributed by atoms with E-state index in [4.69, 9.17) is 5.73 Å². The molecule has 84 valence electrons. The van der Waals surface area contributed by atoms with Crippen molar-refractivity contribution in [3.8, 4) is 0 Å². The molecule has 1 heterocycles. The highest BCUT2D eigenvalue weighted by Crippen LogP contribution is 2.33. The second-order valence-corrected chi connectivity index (χ2v) is 4.40. The number of hydrogen-bond acceptors (Lipinski definition) is 3. The number of hydrogen-bond donors (Lipinski definition) is 2. The van der Waals surface area contributed by atoms with Gasteiger partial charge in [-0.3, -0.25) is 9.48 Å². The van der Waals surface area contributed by atoms with E-state index in [1.165, 1.54) is 0 Å². The molecule has 0 atom stereocenters. The van der Waals surface area contributed by atoms with Crippen molar-refractivity contribution in [3.63, 3.8) is 0 Å². The van der Waals surface area contributed by atoms with Crippen molar-refractivity contribution in [2.45, 2.75) is 18.4 Å². The molecule has 0 unspecified atom stereocenters. The zero-order valence-electron chi connectivity index (χ0n) is 8.16. The van der Waals surface area contributed by atoms with Gasteiger partial charge in [-0.25, -0.2) is 0 Å². The summed E-state index contributed by atoms with van der Waals surface area (Å²) in [6.45, 7) is 0. The first-order valence-electron chi connectivity index (χ1n) is 4.31. The maximum absolute atomic E-state index is 11.5. The SMILES string of the molecule is Cl.Cn1nc(NC(=O)C2(N)CC2)cc1Br. The molecule has 5 nitrogen and oxygen atoms in total. The maximum atomic E-state index is 11.5. The normalized spacial score (nSPS) is 16.7. The molecule has 0 aliphatic heterocycles. The van der Waals surface area contributed by atoms with Crippen LogP contribution in [-0.4, -0.2) is 21.2 Å². The van der Waals surface area contributed by atoms with Crippen molar-refractivity contribution in [2.24, 2.45) is 12.8 Å². The standard InChI is InChI=1S/C8H11BrN4O.ClH/c1-13-5(9)4-6(12-13)11-7(14)8(10)2-3-8;/h4H,2-3,10H2,1H3,(H,11,12,14);1H. The lowest BCUT2D eigenvalue weighted by Gasteiger charge is -2.06. The molecule has 0 saturated heterocycles. The Labute approximate surface area is 102 Å². The molecule has 0 bridgehead atoms. The third kappa shape index (κ3) is 2.50. The van der Waals surface area contributed by atoms with Gasteiger partial charge in [-0.2, -0.15) is 5.10 Å². The highest BCUT2D eigenvalue weighted by molar-refractivity contribution is 9.10. The van der Waals surface area contributed by atoms with Crippen LogP contribution in [0.3, 0.4) is 0 Å². The lowest BCUT2D eigenvalue weighted by molar-refractivity contribution is -0.118. The number of carbonyl (C=O) groups excluding carboxylic acids is 1. The number of aromatic nitrogens is 2. The van der Waals surface area contributed by atoms with Gasteiger partial charge in [-0.15, -0.1) is 12.4 Å². The Morgan fingerprint density at radius 1 is 1.73 bits per heavy atom. The van der Waals surface area contributed by atoms with Crippen LogP contribution in [0.15, 0.2) is 10.7 Å². The average molecular weight is 296 g/mol. The number of nitrogens with zero attached hydrogens (tertiary/aromatic N) is 2. The number of nitrogens with two attached hydrogens (primary N) is 1. The molecule has 1 saturated carbocycles. The van der Waals surface area contributed by atoms with E-state index in [0.717, 1.165) is 17.4 Å². The van der Waals surface area contributed by atoms with Crippen molar-refractivity contribution in [1.82, 2.24) is 9.78 Å². The number of carbonyl (C=O) groups is 1. The Morgan fingerprint density at radius 2 is 2.33 bits per heavy atom. The Balaban J connectivity index is 0.00000112. The average Bonchev–Trinajstić information content (AvgIpc) is 2.77. The molecule has 1 fully saturated rings. The van der Waals surface area contributed by atoms with Crippen molar-refractivity contribution in [1.29, 1.82) is 0 Å². The monoisotopic (exact) mass is 294 g/mol. The number of aryl methyl sites for hydroxylation is 1. The van der Waals surface area contributed by atoms with Crippen LogP contribution in [0.5, 0.6) is 0 Å². The lowest BCUT2D eigenvalue weighted by atomic mass is 10.3.